The lowest BCUT2D eigenvalue weighted by Gasteiger charge is -2.29. The first-order chi connectivity index (χ1) is 15.7. The van der Waals surface area contributed by atoms with Crippen LogP contribution in [-0.4, -0.2) is 33.4 Å². The van der Waals surface area contributed by atoms with Crippen molar-refractivity contribution in [2.75, 3.05) is 10.6 Å². The van der Waals surface area contributed by atoms with Gasteiger partial charge in [-0.05, 0) is 83.2 Å². The summed E-state index contributed by atoms with van der Waals surface area (Å²) in [4.78, 5) is 35.4. The van der Waals surface area contributed by atoms with Crippen molar-refractivity contribution >= 4 is 46.1 Å². The number of benzene rings is 1. The molecular formula is C25H29ClN4O4. The lowest BCUT2D eigenvalue weighted by molar-refractivity contribution is 0.0430. The summed E-state index contributed by atoms with van der Waals surface area (Å²) in [5.41, 5.74) is 6.47. The standard InChI is InChI=1S/C25H29ClN4O4/c1-14-17(15-8-16-10-21(27)29-12-18(16)19(26)9-15)11-28-13-20(14)30(22(31)33-24(2,3)4)23(32)34-25(5,6)7/h8-13H,1-7H3,(H2,27,29). The Hall–Kier alpha value is -3.39. The minimum Gasteiger partial charge on any atom is -0.443 e. The van der Waals surface area contributed by atoms with Gasteiger partial charge in [0.2, 0.25) is 0 Å². The fraction of sp³-hybridized carbons (Fsp3) is 0.360. The second kappa shape index (κ2) is 9.10. The second-order valence-corrected chi connectivity index (χ2v) is 10.3. The van der Waals surface area contributed by atoms with Gasteiger partial charge in [0.25, 0.3) is 0 Å². The molecule has 1 aromatic carbocycles. The number of nitrogens with zero attached hydrogens (tertiary/aromatic N) is 3. The van der Waals surface area contributed by atoms with Crippen LogP contribution in [0.2, 0.25) is 5.02 Å². The molecule has 0 spiro atoms. The number of pyridine rings is 2. The largest absolute Gasteiger partial charge is 0.443 e. The molecule has 0 fully saturated rings. The number of hydrogen-bond acceptors (Lipinski definition) is 7. The third-order valence-corrected chi connectivity index (χ3v) is 5.01. The molecule has 0 aliphatic rings. The zero-order valence-electron chi connectivity index (χ0n) is 20.4. The smallest absolute Gasteiger partial charge is 0.424 e. The van der Waals surface area contributed by atoms with E-state index in [9.17, 15) is 9.59 Å². The molecular weight excluding hydrogens is 456 g/mol. The zero-order valence-corrected chi connectivity index (χ0v) is 21.1. The van der Waals surface area contributed by atoms with E-state index in [0.29, 0.717) is 22.0 Å². The van der Waals surface area contributed by atoms with Crippen molar-refractivity contribution in [2.24, 2.45) is 0 Å². The van der Waals surface area contributed by atoms with Gasteiger partial charge in [-0.15, -0.1) is 0 Å². The maximum Gasteiger partial charge on any atom is 0.424 e. The van der Waals surface area contributed by atoms with Crippen LogP contribution in [0.3, 0.4) is 0 Å². The monoisotopic (exact) mass is 484 g/mol. The van der Waals surface area contributed by atoms with Gasteiger partial charge < -0.3 is 15.2 Å². The number of carbonyl (C=O) groups is 2. The number of halogens is 1. The molecule has 0 saturated heterocycles. The second-order valence-electron chi connectivity index (χ2n) is 9.92. The quantitative estimate of drug-likeness (QED) is 0.441. The molecule has 8 nitrogen and oxygen atoms in total. The molecule has 0 aliphatic carbocycles. The molecule has 9 heteroatoms. The maximum atomic E-state index is 13.1. The van der Waals surface area contributed by atoms with E-state index in [4.69, 9.17) is 26.8 Å². The van der Waals surface area contributed by atoms with E-state index < -0.39 is 23.4 Å². The first kappa shape index (κ1) is 25.2. The summed E-state index contributed by atoms with van der Waals surface area (Å²) in [6.07, 6.45) is 2.96. The highest BCUT2D eigenvalue weighted by molar-refractivity contribution is 6.36. The van der Waals surface area contributed by atoms with E-state index in [1.54, 1.807) is 73.0 Å². The highest BCUT2D eigenvalue weighted by Gasteiger charge is 2.34. The summed E-state index contributed by atoms with van der Waals surface area (Å²) < 4.78 is 11.0. The fourth-order valence-corrected chi connectivity index (χ4v) is 3.58. The average molecular weight is 485 g/mol. The van der Waals surface area contributed by atoms with Gasteiger partial charge in [-0.1, -0.05) is 11.6 Å². The Morgan fingerprint density at radius 1 is 0.941 bits per heavy atom. The van der Waals surface area contributed by atoms with Crippen molar-refractivity contribution in [3.05, 3.63) is 47.4 Å². The number of anilines is 2. The Balaban J connectivity index is 2.15. The summed E-state index contributed by atoms with van der Waals surface area (Å²) >= 11 is 6.51. The molecule has 2 aromatic heterocycles. The van der Waals surface area contributed by atoms with Gasteiger partial charge in [0.15, 0.2) is 0 Å². The molecule has 0 unspecified atom stereocenters. The minimum atomic E-state index is -0.862. The van der Waals surface area contributed by atoms with Gasteiger partial charge >= 0.3 is 12.2 Å². The van der Waals surface area contributed by atoms with Crippen molar-refractivity contribution in [2.45, 2.75) is 59.7 Å². The number of rotatable bonds is 2. The molecule has 3 rings (SSSR count). The highest BCUT2D eigenvalue weighted by Crippen LogP contribution is 2.36. The third-order valence-electron chi connectivity index (χ3n) is 4.70. The van der Waals surface area contributed by atoms with Crippen LogP contribution in [0, 0.1) is 6.92 Å². The Bertz CT molecular complexity index is 1230. The summed E-state index contributed by atoms with van der Waals surface area (Å²) in [7, 11) is 0. The number of ether oxygens (including phenoxy) is 2. The van der Waals surface area contributed by atoms with Crippen LogP contribution in [0.5, 0.6) is 0 Å². The van der Waals surface area contributed by atoms with E-state index in [1.165, 1.54) is 6.20 Å². The van der Waals surface area contributed by atoms with Crippen molar-refractivity contribution < 1.29 is 19.1 Å². The van der Waals surface area contributed by atoms with Crippen LogP contribution in [0.25, 0.3) is 21.9 Å². The van der Waals surface area contributed by atoms with Crippen LogP contribution in [0.1, 0.15) is 47.1 Å². The van der Waals surface area contributed by atoms with Crippen LogP contribution in [0.4, 0.5) is 21.1 Å². The lowest BCUT2D eigenvalue weighted by Crippen LogP contribution is -2.44. The normalized spacial score (nSPS) is 11.9. The minimum absolute atomic E-state index is 0.242. The predicted octanol–water partition coefficient (Wildman–Crippen LogP) is 6.52. The van der Waals surface area contributed by atoms with Gasteiger partial charge in [0, 0.05) is 23.3 Å². The number of hydrogen-bond donors (Lipinski definition) is 1. The summed E-state index contributed by atoms with van der Waals surface area (Å²) in [5, 5.41) is 2.04. The summed E-state index contributed by atoms with van der Waals surface area (Å²) in [5.74, 6) is 0.366. The fourth-order valence-electron chi connectivity index (χ4n) is 3.30. The van der Waals surface area contributed by atoms with Gasteiger partial charge in [-0.25, -0.2) is 14.6 Å². The van der Waals surface area contributed by atoms with Gasteiger partial charge in [-0.2, -0.15) is 4.90 Å². The van der Waals surface area contributed by atoms with E-state index in [0.717, 1.165) is 21.2 Å². The first-order valence-corrected chi connectivity index (χ1v) is 11.1. The first-order valence-electron chi connectivity index (χ1n) is 10.7. The van der Waals surface area contributed by atoms with Gasteiger partial charge in [-0.3, -0.25) is 4.98 Å². The molecule has 0 radical (unpaired) electrons. The number of fused-ring (bicyclic) bond motifs is 1. The topological polar surface area (TPSA) is 108 Å². The highest BCUT2D eigenvalue weighted by atomic mass is 35.5. The van der Waals surface area contributed by atoms with Crippen molar-refractivity contribution in [1.29, 1.82) is 0 Å². The Morgan fingerprint density at radius 3 is 2.09 bits per heavy atom. The molecule has 2 amide bonds. The van der Waals surface area contributed by atoms with Crippen LogP contribution in [0.15, 0.2) is 36.8 Å². The van der Waals surface area contributed by atoms with E-state index >= 15 is 0 Å². The van der Waals surface area contributed by atoms with E-state index in [-0.39, 0.29) is 5.69 Å². The SMILES string of the molecule is Cc1c(-c2cc(Cl)c3cnc(N)cc3c2)cncc1N(C(=O)OC(C)(C)C)C(=O)OC(C)(C)C. The van der Waals surface area contributed by atoms with Gasteiger partial charge in [0.05, 0.1) is 16.9 Å². The van der Waals surface area contributed by atoms with Crippen LogP contribution in [-0.2, 0) is 9.47 Å². The van der Waals surface area contributed by atoms with E-state index in [2.05, 4.69) is 9.97 Å². The van der Waals surface area contributed by atoms with Crippen LogP contribution < -0.4 is 10.6 Å². The molecule has 0 aliphatic heterocycles. The number of carbonyl (C=O) groups excluding carboxylic acids is 2. The van der Waals surface area contributed by atoms with Crippen LogP contribution >= 0.6 is 11.6 Å². The zero-order chi connectivity index (χ0) is 25.4. The Morgan fingerprint density at radius 2 is 1.53 bits per heavy atom. The average Bonchev–Trinajstić information content (AvgIpc) is 2.66. The number of nitrogen functional groups attached to an aromatic ring is 1. The number of amides is 2. The summed E-state index contributed by atoms with van der Waals surface area (Å²) in [6, 6.07) is 5.41. The Labute approximate surface area is 204 Å². The molecule has 0 bridgehead atoms. The van der Waals surface area contributed by atoms with Crippen molar-refractivity contribution in [1.82, 2.24) is 9.97 Å². The number of imide groups is 1. The molecule has 0 saturated carbocycles. The maximum absolute atomic E-state index is 13.1. The van der Waals surface area contributed by atoms with Crippen molar-refractivity contribution in [3.63, 3.8) is 0 Å². The lowest BCUT2D eigenvalue weighted by atomic mass is 9.99. The predicted molar refractivity (Wildman–Crippen MR) is 134 cm³/mol. The molecule has 34 heavy (non-hydrogen) atoms. The molecule has 2 N–H and O–H groups in total. The Kier molecular flexibility index (Phi) is 6.75. The third kappa shape index (κ3) is 5.75. The van der Waals surface area contributed by atoms with Gasteiger partial charge in [0.1, 0.15) is 17.0 Å². The molecule has 2 heterocycles. The molecule has 180 valence electrons. The molecule has 0 atom stereocenters. The van der Waals surface area contributed by atoms with Crippen molar-refractivity contribution in [3.8, 4) is 11.1 Å². The number of aromatic nitrogens is 2. The van der Waals surface area contributed by atoms with E-state index in [1.807, 2.05) is 6.07 Å². The number of nitrogens with two attached hydrogens (primary N) is 1. The summed E-state index contributed by atoms with van der Waals surface area (Å²) in [6.45, 7) is 12.1. The molecule has 3 aromatic rings.